The van der Waals surface area contributed by atoms with Gasteiger partial charge in [-0.2, -0.15) is 0 Å². The molecule has 1 aliphatic heterocycles. The van der Waals surface area contributed by atoms with Crippen LogP contribution in [0.3, 0.4) is 0 Å². The number of thiazole rings is 1. The summed E-state index contributed by atoms with van der Waals surface area (Å²) in [6, 6.07) is 6.20. The molecule has 20 heavy (non-hydrogen) atoms. The highest BCUT2D eigenvalue weighted by Crippen LogP contribution is 2.35. The van der Waals surface area contributed by atoms with E-state index >= 15 is 0 Å². The van der Waals surface area contributed by atoms with Crippen molar-refractivity contribution >= 4 is 22.7 Å². The molecule has 2 aromatic rings. The summed E-state index contributed by atoms with van der Waals surface area (Å²) >= 11 is 1.75. The van der Waals surface area contributed by atoms with Gasteiger partial charge in [0, 0.05) is 17.3 Å². The number of fused-ring (bicyclic) bond motifs is 1. The van der Waals surface area contributed by atoms with Crippen LogP contribution in [0, 0.1) is 0 Å². The summed E-state index contributed by atoms with van der Waals surface area (Å²) in [6.45, 7) is 8.51. The van der Waals surface area contributed by atoms with Gasteiger partial charge in [-0.25, -0.2) is 4.98 Å². The van der Waals surface area contributed by atoms with Crippen LogP contribution in [0.15, 0.2) is 23.6 Å². The van der Waals surface area contributed by atoms with Crippen molar-refractivity contribution < 1.29 is 0 Å². The summed E-state index contributed by atoms with van der Waals surface area (Å²) in [5.41, 5.74) is 10.9. The van der Waals surface area contributed by atoms with Crippen molar-refractivity contribution in [2.75, 3.05) is 17.2 Å². The van der Waals surface area contributed by atoms with Gasteiger partial charge in [0.1, 0.15) is 5.01 Å². The molecule has 0 fully saturated rings. The lowest BCUT2D eigenvalue weighted by molar-refractivity contribution is 0.570. The van der Waals surface area contributed by atoms with Crippen molar-refractivity contribution in [3.05, 3.63) is 39.8 Å². The number of anilines is 2. The summed E-state index contributed by atoms with van der Waals surface area (Å²) < 4.78 is 0. The summed E-state index contributed by atoms with van der Waals surface area (Å²) in [7, 11) is 0. The quantitative estimate of drug-likeness (QED) is 0.858. The molecule has 0 aliphatic carbocycles. The van der Waals surface area contributed by atoms with Crippen LogP contribution in [0.4, 0.5) is 11.4 Å². The Morgan fingerprint density at radius 3 is 2.85 bits per heavy atom. The Hall–Kier alpha value is -1.55. The van der Waals surface area contributed by atoms with Crippen molar-refractivity contribution in [2.24, 2.45) is 0 Å². The van der Waals surface area contributed by atoms with Crippen molar-refractivity contribution in [3.63, 3.8) is 0 Å². The maximum atomic E-state index is 6.13. The molecule has 2 N–H and O–H groups in total. The van der Waals surface area contributed by atoms with Gasteiger partial charge in [0.25, 0.3) is 0 Å². The molecule has 1 aliphatic rings. The van der Waals surface area contributed by atoms with Gasteiger partial charge in [-0.15, -0.1) is 11.3 Å². The number of benzene rings is 1. The number of hydrogen-bond acceptors (Lipinski definition) is 4. The molecule has 1 aromatic carbocycles. The minimum absolute atomic E-state index is 0.122. The number of aromatic nitrogens is 1. The topological polar surface area (TPSA) is 42.1 Å². The highest BCUT2D eigenvalue weighted by Gasteiger charge is 2.23. The van der Waals surface area contributed by atoms with Crippen molar-refractivity contribution in [2.45, 2.75) is 39.2 Å². The summed E-state index contributed by atoms with van der Waals surface area (Å²) in [5, 5.41) is 3.35. The fourth-order valence-corrected chi connectivity index (χ4v) is 3.65. The zero-order chi connectivity index (χ0) is 14.3. The number of rotatable bonds is 2. The molecule has 2 heterocycles. The number of nitrogens with two attached hydrogens (primary N) is 1. The van der Waals surface area contributed by atoms with Crippen molar-refractivity contribution in [1.82, 2.24) is 4.98 Å². The summed E-state index contributed by atoms with van der Waals surface area (Å²) in [6.07, 6.45) is 1.08. The standard InChI is InChI=1S/C16H21N3S/c1-16(2,3)13-10-20-14(18-13)9-19-8-7-11-5-4-6-12(17)15(11)19/h4-6,10H,7-9,17H2,1-3H3. The van der Waals surface area contributed by atoms with E-state index in [0.717, 1.165) is 25.2 Å². The van der Waals surface area contributed by atoms with Gasteiger partial charge in [-0.1, -0.05) is 32.9 Å². The van der Waals surface area contributed by atoms with Crippen LogP contribution >= 0.6 is 11.3 Å². The Kier molecular flexibility index (Phi) is 3.21. The fraction of sp³-hybridized carbons (Fsp3) is 0.438. The third-order valence-corrected chi connectivity index (χ3v) is 4.60. The summed E-state index contributed by atoms with van der Waals surface area (Å²) in [4.78, 5) is 7.14. The van der Waals surface area contributed by atoms with E-state index in [4.69, 9.17) is 10.7 Å². The largest absolute Gasteiger partial charge is 0.397 e. The minimum atomic E-state index is 0.122. The fourth-order valence-electron chi connectivity index (χ4n) is 2.62. The van der Waals surface area contributed by atoms with Crippen LogP contribution in [0.1, 0.15) is 37.0 Å². The zero-order valence-electron chi connectivity index (χ0n) is 12.3. The molecule has 0 amide bonds. The predicted molar refractivity (Wildman–Crippen MR) is 86.4 cm³/mol. The van der Waals surface area contributed by atoms with Gasteiger partial charge in [0.2, 0.25) is 0 Å². The minimum Gasteiger partial charge on any atom is -0.397 e. The maximum Gasteiger partial charge on any atom is 0.112 e. The molecule has 4 heteroatoms. The van der Waals surface area contributed by atoms with E-state index in [1.54, 1.807) is 11.3 Å². The molecule has 0 bridgehead atoms. The third-order valence-electron chi connectivity index (χ3n) is 3.76. The first-order valence-corrected chi connectivity index (χ1v) is 7.90. The molecule has 0 saturated heterocycles. The maximum absolute atomic E-state index is 6.13. The second-order valence-electron chi connectivity index (χ2n) is 6.40. The lowest BCUT2D eigenvalue weighted by atomic mass is 9.93. The molecule has 0 saturated carbocycles. The molecule has 1 aromatic heterocycles. The molecule has 3 nitrogen and oxygen atoms in total. The molecule has 0 unspecified atom stereocenters. The Balaban J connectivity index is 1.83. The van der Waals surface area contributed by atoms with Crippen molar-refractivity contribution in [1.29, 1.82) is 0 Å². The molecular weight excluding hydrogens is 266 g/mol. The average Bonchev–Trinajstić information content (AvgIpc) is 2.97. The molecule has 0 spiro atoms. The number of para-hydroxylation sites is 1. The number of hydrogen-bond donors (Lipinski definition) is 1. The Morgan fingerprint density at radius 1 is 1.35 bits per heavy atom. The van der Waals surface area contributed by atoms with E-state index in [9.17, 15) is 0 Å². The van der Waals surface area contributed by atoms with E-state index in [0.29, 0.717) is 0 Å². The predicted octanol–water partition coefficient (Wildman–Crippen LogP) is 3.59. The average molecular weight is 287 g/mol. The van der Waals surface area contributed by atoms with Crippen LogP contribution in [0.2, 0.25) is 0 Å². The Morgan fingerprint density at radius 2 is 2.15 bits per heavy atom. The normalized spacial score (nSPS) is 14.7. The molecule has 106 valence electrons. The molecule has 0 atom stereocenters. The zero-order valence-corrected chi connectivity index (χ0v) is 13.1. The number of nitrogens with zero attached hydrogens (tertiary/aromatic N) is 2. The van der Waals surface area contributed by atoms with Gasteiger partial charge >= 0.3 is 0 Å². The highest BCUT2D eigenvalue weighted by atomic mass is 32.1. The highest BCUT2D eigenvalue weighted by molar-refractivity contribution is 7.09. The lowest BCUT2D eigenvalue weighted by Gasteiger charge is -2.20. The first-order valence-electron chi connectivity index (χ1n) is 7.02. The van der Waals surface area contributed by atoms with Crippen LogP contribution in [0.5, 0.6) is 0 Å². The second kappa shape index (κ2) is 4.77. The Bertz CT molecular complexity index is 625. The van der Waals surface area contributed by atoms with E-state index in [-0.39, 0.29) is 5.41 Å². The first kappa shape index (κ1) is 13.4. The lowest BCUT2D eigenvalue weighted by Crippen LogP contribution is -2.21. The SMILES string of the molecule is CC(C)(C)c1csc(CN2CCc3cccc(N)c32)n1. The molecule has 0 radical (unpaired) electrons. The van der Waals surface area contributed by atoms with E-state index in [1.165, 1.54) is 22.0 Å². The van der Waals surface area contributed by atoms with Crippen molar-refractivity contribution in [3.8, 4) is 0 Å². The smallest absolute Gasteiger partial charge is 0.112 e. The third kappa shape index (κ3) is 2.40. The van der Waals surface area contributed by atoms with Crippen LogP contribution in [-0.4, -0.2) is 11.5 Å². The van der Waals surface area contributed by atoms with Gasteiger partial charge in [0.15, 0.2) is 0 Å². The number of nitrogen functional groups attached to an aromatic ring is 1. The second-order valence-corrected chi connectivity index (χ2v) is 7.35. The first-order chi connectivity index (χ1) is 9.45. The van der Waals surface area contributed by atoms with Gasteiger partial charge in [-0.05, 0) is 18.1 Å². The van der Waals surface area contributed by atoms with Gasteiger partial charge in [-0.3, -0.25) is 0 Å². The van der Waals surface area contributed by atoms with Crippen LogP contribution in [0.25, 0.3) is 0 Å². The molecule has 3 rings (SSSR count). The van der Waals surface area contributed by atoms with E-state index in [2.05, 4.69) is 37.1 Å². The monoisotopic (exact) mass is 287 g/mol. The van der Waals surface area contributed by atoms with Crippen LogP contribution in [-0.2, 0) is 18.4 Å². The molecular formula is C16H21N3S. The van der Waals surface area contributed by atoms with E-state index < -0.39 is 0 Å². The Labute approximate surface area is 124 Å². The summed E-state index contributed by atoms with van der Waals surface area (Å²) in [5.74, 6) is 0. The van der Waals surface area contributed by atoms with Crippen LogP contribution < -0.4 is 10.6 Å². The van der Waals surface area contributed by atoms with Gasteiger partial charge in [0.05, 0.1) is 23.6 Å². The van der Waals surface area contributed by atoms with E-state index in [1.807, 2.05) is 12.1 Å². The van der Waals surface area contributed by atoms with Gasteiger partial charge < -0.3 is 10.6 Å².